The summed E-state index contributed by atoms with van der Waals surface area (Å²) >= 11 is 0. The fourth-order valence-electron chi connectivity index (χ4n) is 3.69. The van der Waals surface area contributed by atoms with Gasteiger partial charge in [-0.05, 0) is 76.5 Å². The van der Waals surface area contributed by atoms with Crippen LogP contribution in [0.4, 0.5) is 0 Å². The van der Waals surface area contributed by atoms with Crippen molar-refractivity contribution in [2.75, 3.05) is 20.1 Å². The van der Waals surface area contributed by atoms with Crippen molar-refractivity contribution >= 4 is 5.91 Å². The molecule has 0 aliphatic carbocycles. The molecule has 2 aromatic heterocycles. The van der Waals surface area contributed by atoms with E-state index in [1.54, 1.807) is 18.0 Å². The SMILES string of the molecule is Cc1cc(C)nc(CN(C)C(=O)c2ccc([C@H](C)N3CCCCC3)o2)c1. The first-order valence-electron chi connectivity index (χ1n) is 9.47. The molecule has 1 atom stereocenters. The van der Waals surface area contributed by atoms with Gasteiger partial charge in [-0.3, -0.25) is 14.7 Å². The Bertz CT molecular complexity index is 742. The zero-order valence-corrected chi connectivity index (χ0v) is 16.3. The molecule has 0 aromatic carbocycles. The summed E-state index contributed by atoms with van der Waals surface area (Å²) in [7, 11) is 1.79. The van der Waals surface area contributed by atoms with E-state index in [1.807, 2.05) is 32.0 Å². The van der Waals surface area contributed by atoms with Crippen LogP contribution in [-0.2, 0) is 6.54 Å². The van der Waals surface area contributed by atoms with Gasteiger partial charge in [0.25, 0.3) is 5.91 Å². The largest absolute Gasteiger partial charge is 0.454 e. The van der Waals surface area contributed by atoms with Gasteiger partial charge in [0.15, 0.2) is 5.76 Å². The van der Waals surface area contributed by atoms with E-state index in [0.29, 0.717) is 12.3 Å². The summed E-state index contributed by atoms with van der Waals surface area (Å²) in [5, 5.41) is 0. The third-order valence-electron chi connectivity index (χ3n) is 5.08. The first-order valence-corrected chi connectivity index (χ1v) is 9.47. The zero-order chi connectivity index (χ0) is 18.7. The third kappa shape index (κ3) is 4.33. The fourth-order valence-corrected chi connectivity index (χ4v) is 3.69. The molecule has 3 heterocycles. The Morgan fingerprint density at radius 3 is 2.65 bits per heavy atom. The van der Waals surface area contributed by atoms with Crippen molar-refractivity contribution in [1.82, 2.24) is 14.8 Å². The van der Waals surface area contributed by atoms with Gasteiger partial charge in [0.2, 0.25) is 0 Å². The Balaban J connectivity index is 1.66. The van der Waals surface area contributed by atoms with Crippen molar-refractivity contribution in [3.8, 4) is 0 Å². The zero-order valence-electron chi connectivity index (χ0n) is 16.3. The maximum atomic E-state index is 12.7. The Morgan fingerprint density at radius 1 is 1.23 bits per heavy atom. The molecule has 1 saturated heterocycles. The van der Waals surface area contributed by atoms with Crippen LogP contribution in [0, 0.1) is 13.8 Å². The number of hydrogen-bond acceptors (Lipinski definition) is 4. The van der Waals surface area contributed by atoms with E-state index in [9.17, 15) is 4.79 Å². The molecule has 0 spiro atoms. The Hall–Kier alpha value is -2.14. The summed E-state index contributed by atoms with van der Waals surface area (Å²) in [6, 6.07) is 8.00. The second kappa shape index (κ2) is 8.04. The van der Waals surface area contributed by atoms with Gasteiger partial charge < -0.3 is 9.32 Å². The molecule has 0 N–H and O–H groups in total. The van der Waals surface area contributed by atoms with Crippen molar-refractivity contribution in [1.29, 1.82) is 0 Å². The number of aryl methyl sites for hydroxylation is 2. The summed E-state index contributed by atoms with van der Waals surface area (Å²) in [4.78, 5) is 21.3. The van der Waals surface area contributed by atoms with E-state index in [1.165, 1.54) is 19.3 Å². The van der Waals surface area contributed by atoms with Crippen molar-refractivity contribution in [3.05, 3.63) is 52.7 Å². The molecule has 5 nitrogen and oxygen atoms in total. The maximum Gasteiger partial charge on any atom is 0.289 e. The van der Waals surface area contributed by atoms with Gasteiger partial charge in [-0.1, -0.05) is 6.42 Å². The lowest BCUT2D eigenvalue weighted by Gasteiger charge is -2.31. The third-order valence-corrected chi connectivity index (χ3v) is 5.08. The second-order valence-corrected chi connectivity index (χ2v) is 7.41. The fraction of sp³-hybridized carbons (Fsp3) is 0.524. The highest BCUT2D eigenvalue weighted by Gasteiger charge is 2.23. The van der Waals surface area contributed by atoms with Gasteiger partial charge in [-0.2, -0.15) is 0 Å². The van der Waals surface area contributed by atoms with Crippen molar-refractivity contribution in [2.45, 2.75) is 52.6 Å². The van der Waals surface area contributed by atoms with Crippen LogP contribution in [0.25, 0.3) is 0 Å². The van der Waals surface area contributed by atoms with Gasteiger partial charge in [0, 0.05) is 12.7 Å². The van der Waals surface area contributed by atoms with Crippen LogP contribution in [0.5, 0.6) is 0 Å². The molecule has 3 rings (SSSR count). The summed E-state index contributed by atoms with van der Waals surface area (Å²) < 4.78 is 5.91. The molecule has 26 heavy (non-hydrogen) atoms. The van der Waals surface area contributed by atoms with Crippen LogP contribution in [0.3, 0.4) is 0 Å². The first kappa shape index (κ1) is 18.6. The molecule has 0 bridgehead atoms. The monoisotopic (exact) mass is 355 g/mol. The van der Waals surface area contributed by atoms with Crippen LogP contribution in [0.2, 0.25) is 0 Å². The molecule has 2 aromatic rings. The number of piperidine rings is 1. The maximum absolute atomic E-state index is 12.7. The highest BCUT2D eigenvalue weighted by atomic mass is 16.4. The number of amides is 1. The van der Waals surface area contributed by atoms with Crippen molar-refractivity contribution < 1.29 is 9.21 Å². The molecule has 0 saturated carbocycles. The number of rotatable bonds is 5. The average Bonchev–Trinajstić information content (AvgIpc) is 3.10. The molecular weight excluding hydrogens is 326 g/mol. The Morgan fingerprint density at radius 2 is 1.96 bits per heavy atom. The number of hydrogen-bond donors (Lipinski definition) is 0. The Kier molecular flexibility index (Phi) is 5.77. The first-order chi connectivity index (χ1) is 12.4. The normalized spacial score (nSPS) is 16.5. The molecular formula is C21H29N3O2. The lowest BCUT2D eigenvalue weighted by Crippen LogP contribution is -2.32. The summed E-state index contributed by atoms with van der Waals surface area (Å²) in [5.74, 6) is 1.16. The topological polar surface area (TPSA) is 49.6 Å². The molecule has 0 radical (unpaired) electrons. The molecule has 1 aliphatic rings. The lowest BCUT2D eigenvalue weighted by molar-refractivity contribution is 0.0743. The number of likely N-dealkylation sites (tertiary alicyclic amines) is 1. The number of carbonyl (C=O) groups is 1. The van der Waals surface area contributed by atoms with E-state index in [-0.39, 0.29) is 11.9 Å². The van der Waals surface area contributed by atoms with Gasteiger partial charge in [0.1, 0.15) is 5.76 Å². The van der Waals surface area contributed by atoms with Crippen LogP contribution in [0.15, 0.2) is 28.7 Å². The highest BCUT2D eigenvalue weighted by molar-refractivity contribution is 5.91. The minimum Gasteiger partial charge on any atom is -0.454 e. The van der Waals surface area contributed by atoms with Gasteiger partial charge in [-0.15, -0.1) is 0 Å². The molecule has 5 heteroatoms. The predicted octanol–water partition coefficient (Wildman–Crippen LogP) is 4.11. The second-order valence-electron chi connectivity index (χ2n) is 7.41. The van der Waals surface area contributed by atoms with Gasteiger partial charge in [-0.25, -0.2) is 0 Å². The number of pyridine rings is 1. The number of carbonyl (C=O) groups excluding carboxylic acids is 1. The standard InChI is InChI=1S/C21H29N3O2/c1-15-12-16(2)22-18(13-15)14-23(4)21(25)20-9-8-19(26-20)17(3)24-10-6-5-7-11-24/h8-9,12-13,17H,5-7,10-11,14H2,1-4H3/t17-/m0/s1. The quantitative estimate of drug-likeness (QED) is 0.810. The average molecular weight is 355 g/mol. The van der Waals surface area contributed by atoms with E-state index in [4.69, 9.17) is 4.42 Å². The highest BCUT2D eigenvalue weighted by Crippen LogP contribution is 2.26. The summed E-state index contributed by atoms with van der Waals surface area (Å²) in [6.45, 7) is 8.84. The van der Waals surface area contributed by atoms with Crippen LogP contribution >= 0.6 is 0 Å². The minimum atomic E-state index is -0.108. The van der Waals surface area contributed by atoms with Crippen LogP contribution < -0.4 is 0 Å². The molecule has 0 unspecified atom stereocenters. The van der Waals surface area contributed by atoms with E-state index >= 15 is 0 Å². The minimum absolute atomic E-state index is 0.108. The molecule has 1 fully saturated rings. The molecule has 140 valence electrons. The number of nitrogens with zero attached hydrogens (tertiary/aromatic N) is 3. The lowest BCUT2D eigenvalue weighted by atomic mass is 10.1. The molecule has 1 amide bonds. The van der Waals surface area contributed by atoms with Gasteiger partial charge in [0.05, 0.1) is 18.3 Å². The smallest absolute Gasteiger partial charge is 0.289 e. The van der Waals surface area contributed by atoms with E-state index in [2.05, 4.69) is 16.8 Å². The molecule has 1 aliphatic heterocycles. The van der Waals surface area contributed by atoms with Crippen LogP contribution in [0.1, 0.15) is 65.5 Å². The Labute approximate surface area is 156 Å². The summed E-state index contributed by atoms with van der Waals surface area (Å²) in [5.41, 5.74) is 3.02. The van der Waals surface area contributed by atoms with Crippen molar-refractivity contribution in [2.24, 2.45) is 0 Å². The van der Waals surface area contributed by atoms with Gasteiger partial charge >= 0.3 is 0 Å². The summed E-state index contributed by atoms with van der Waals surface area (Å²) in [6.07, 6.45) is 3.79. The van der Waals surface area contributed by atoms with Crippen LogP contribution in [-0.4, -0.2) is 40.8 Å². The predicted molar refractivity (Wildman–Crippen MR) is 102 cm³/mol. The number of aromatic nitrogens is 1. The number of furan rings is 1. The van der Waals surface area contributed by atoms with Crippen molar-refractivity contribution in [3.63, 3.8) is 0 Å². The van der Waals surface area contributed by atoms with E-state index < -0.39 is 0 Å². The van der Waals surface area contributed by atoms with E-state index in [0.717, 1.165) is 35.8 Å².